The highest BCUT2D eigenvalue weighted by Crippen LogP contribution is 2.19. The summed E-state index contributed by atoms with van der Waals surface area (Å²) in [5.41, 5.74) is 4.99. The first-order valence-corrected chi connectivity index (χ1v) is 5.67. The third-order valence-corrected chi connectivity index (χ3v) is 2.79. The molecule has 1 saturated heterocycles. The third-order valence-electron chi connectivity index (χ3n) is 2.79. The van der Waals surface area contributed by atoms with Crippen molar-refractivity contribution < 1.29 is 18.0 Å². The number of halogens is 3. The van der Waals surface area contributed by atoms with Crippen LogP contribution in [0.5, 0.6) is 0 Å². The number of rotatable bonds is 5. The number of amides is 1. The summed E-state index contributed by atoms with van der Waals surface area (Å²) in [6, 6.07) is 0.193. The Morgan fingerprint density at radius 2 is 1.94 bits per heavy atom. The molecule has 0 bridgehead atoms. The second-order valence-corrected chi connectivity index (χ2v) is 4.34. The Labute approximate surface area is 98.3 Å². The summed E-state index contributed by atoms with van der Waals surface area (Å²) >= 11 is 0. The molecule has 1 heterocycles. The summed E-state index contributed by atoms with van der Waals surface area (Å²) in [5, 5.41) is 3.13. The molecule has 0 aromatic rings. The van der Waals surface area contributed by atoms with E-state index in [9.17, 15) is 18.0 Å². The van der Waals surface area contributed by atoms with Crippen LogP contribution in [0.4, 0.5) is 13.2 Å². The van der Waals surface area contributed by atoms with Crippen molar-refractivity contribution in [2.75, 3.05) is 26.2 Å². The molecule has 100 valence electrons. The summed E-state index contributed by atoms with van der Waals surface area (Å²) < 4.78 is 36.4. The number of piperidine rings is 1. The lowest BCUT2D eigenvalue weighted by Crippen LogP contribution is -2.46. The van der Waals surface area contributed by atoms with Crippen LogP contribution in [0.3, 0.4) is 0 Å². The van der Waals surface area contributed by atoms with Crippen molar-refractivity contribution in [2.24, 2.45) is 5.73 Å². The molecule has 0 spiro atoms. The number of likely N-dealkylation sites (tertiary alicyclic amines) is 1. The van der Waals surface area contributed by atoms with Crippen molar-refractivity contribution >= 4 is 5.91 Å². The van der Waals surface area contributed by atoms with Crippen molar-refractivity contribution in [2.45, 2.75) is 31.5 Å². The van der Waals surface area contributed by atoms with Gasteiger partial charge in [0.25, 0.3) is 0 Å². The monoisotopic (exact) mass is 253 g/mol. The molecule has 4 nitrogen and oxygen atoms in total. The molecular weight excluding hydrogens is 235 g/mol. The van der Waals surface area contributed by atoms with Gasteiger partial charge in [0.15, 0.2) is 0 Å². The van der Waals surface area contributed by atoms with Crippen LogP contribution in [0.1, 0.15) is 19.3 Å². The number of hydrogen-bond donors (Lipinski definition) is 2. The molecule has 17 heavy (non-hydrogen) atoms. The van der Waals surface area contributed by atoms with Crippen LogP contribution in [0.15, 0.2) is 0 Å². The molecule has 1 amide bonds. The molecule has 1 fully saturated rings. The fourth-order valence-electron chi connectivity index (χ4n) is 1.95. The Kier molecular flexibility index (Phi) is 5.20. The Morgan fingerprint density at radius 3 is 2.41 bits per heavy atom. The summed E-state index contributed by atoms with van der Waals surface area (Å²) in [5.74, 6) is -0.369. The molecule has 0 unspecified atom stereocenters. The van der Waals surface area contributed by atoms with E-state index in [1.54, 1.807) is 0 Å². The van der Waals surface area contributed by atoms with Crippen LogP contribution in [0.25, 0.3) is 0 Å². The second kappa shape index (κ2) is 6.20. The van der Waals surface area contributed by atoms with Gasteiger partial charge in [-0.3, -0.25) is 9.69 Å². The molecule has 0 aromatic carbocycles. The summed E-state index contributed by atoms with van der Waals surface area (Å²) in [6.07, 6.45) is -2.50. The predicted octanol–water partition coefficient (Wildman–Crippen LogP) is 0.478. The number of nitrogens with one attached hydrogen (secondary N) is 1. The van der Waals surface area contributed by atoms with Crippen LogP contribution >= 0.6 is 0 Å². The van der Waals surface area contributed by atoms with Crippen LogP contribution < -0.4 is 11.1 Å². The van der Waals surface area contributed by atoms with Gasteiger partial charge >= 0.3 is 6.18 Å². The average Bonchev–Trinajstić information content (AvgIpc) is 2.18. The van der Waals surface area contributed by atoms with E-state index in [4.69, 9.17) is 5.73 Å². The summed E-state index contributed by atoms with van der Waals surface area (Å²) in [6.45, 7) is 0.543. The van der Waals surface area contributed by atoms with Crippen molar-refractivity contribution in [3.8, 4) is 0 Å². The van der Waals surface area contributed by atoms with E-state index >= 15 is 0 Å². The van der Waals surface area contributed by atoms with Gasteiger partial charge in [0.05, 0.1) is 6.54 Å². The molecule has 3 N–H and O–H groups in total. The molecule has 0 atom stereocenters. The Bertz CT molecular complexity index is 250. The van der Waals surface area contributed by atoms with Gasteiger partial charge < -0.3 is 11.1 Å². The first-order valence-electron chi connectivity index (χ1n) is 5.67. The number of carbonyl (C=O) groups excluding carboxylic acids is 1. The minimum absolute atomic E-state index is 0.193. The van der Waals surface area contributed by atoms with Crippen molar-refractivity contribution in [1.29, 1.82) is 0 Å². The second-order valence-electron chi connectivity index (χ2n) is 4.34. The third kappa shape index (κ3) is 6.48. The fraction of sp³-hybridized carbons (Fsp3) is 0.900. The lowest BCUT2D eigenvalue weighted by atomic mass is 10.0. The standard InChI is InChI=1S/C10H18F3N3O/c11-10(12,13)7-16-5-2-8(3-6-16)15-4-1-9(14)17/h8,15H,1-7H2,(H2,14,17). The van der Waals surface area contributed by atoms with Gasteiger partial charge in [-0.1, -0.05) is 0 Å². The van der Waals surface area contributed by atoms with Crippen LogP contribution in [0, 0.1) is 0 Å². The van der Waals surface area contributed by atoms with Gasteiger partial charge in [-0.2, -0.15) is 13.2 Å². The Morgan fingerprint density at radius 1 is 1.35 bits per heavy atom. The minimum atomic E-state index is -4.12. The SMILES string of the molecule is NC(=O)CCNC1CCN(CC(F)(F)F)CC1. The zero-order valence-electron chi connectivity index (χ0n) is 9.59. The largest absolute Gasteiger partial charge is 0.401 e. The molecule has 0 radical (unpaired) electrons. The molecule has 7 heteroatoms. The normalized spacial score (nSPS) is 19.5. The average molecular weight is 253 g/mol. The topological polar surface area (TPSA) is 58.4 Å². The van der Waals surface area contributed by atoms with Crippen molar-refractivity contribution in [3.05, 3.63) is 0 Å². The Hall–Kier alpha value is -0.820. The lowest BCUT2D eigenvalue weighted by molar-refractivity contribution is -0.148. The number of hydrogen-bond acceptors (Lipinski definition) is 3. The highest BCUT2D eigenvalue weighted by Gasteiger charge is 2.32. The zero-order valence-corrected chi connectivity index (χ0v) is 9.59. The molecular formula is C10H18F3N3O. The predicted molar refractivity (Wildman–Crippen MR) is 57.3 cm³/mol. The number of alkyl halides is 3. The maximum absolute atomic E-state index is 12.1. The highest BCUT2D eigenvalue weighted by atomic mass is 19.4. The summed E-state index contributed by atoms with van der Waals surface area (Å²) in [4.78, 5) is 11.9. The molecule has 0 aliphatic carbocycles. The first-order chi connectivity index (χ1) is 7.87. The smallest absolute Gasteiger partial charge is 0.370 e. The van der Waals surface area contributed by atoms with Gasteiger partial charge in [-0.15, -0.1) is 0 Å². The molecule has 1 aliphatic heterocycles. The molecule has 0 aromatic heterocycles. The quantitative estimate of drug-likeness (QED) is 0.749. The van der Waals surface area contributed by atoms with Gasteiger partial charge in [-0.05, 0) is 25.9 Å². The number of nitrogens with zero attached hydrogens (tertiary/aromatic N) is 1. The fourth-order valence-corrected chi connectivity index (χ4v) is 1.95. The zero-order chi connectivity index (χ0) is 12.9. The van der Waals surface area contributed by atoms with Crippen molar-refractivity contribution in [3.63, 3.8) is 0 Å². The number of nitrogens with two attached hydrogens (primary N) is 1. The maximum atomic E-state index is 12.1. The molecule has 1 aliphatic rings. The van der Waals surface area contributed by atoms with Crippen LogP contribution in [-0.4, -0.2) is 49.2 Å². The Balaban J connectivity index is 2.15. The molecule has 0 saturated carbocycles. The van der Waals surface area contributed by atoms with E-state index in [0.717, 1.165) is 0 Å². The van der Waals surface area contributed by atoms with Crippen LogP contribution in [-0.2, 0) is 4.79 Å². The number of carbonyl (C=O) groups is 1. The first kappa shape index (κ1) is 14.2. The van der Waals surface area contributed by atoms with E-state index in [1.165, 1.54) is 4.90 Å². The molecule has 1 rings (SSSR count). The van der Waals surface area contributed by atoms with E-state index < -0.39 is 12.7 Å². The van der Waals surface area contributed by atoms with E-state index in [0.29, 0.717) is 32.5 Å². The maximum Gasteiger partial charge on any atom is 0.401 e. The highest BCUT2D eigenvalue weighted by molar-refractivity contribution is 5.73. The van der Waals surface area contributed by atoms with Gasteiger partial charge in [0, 0.05) is 19.0 Å². The van der Waals surface area contributed by atoms with Gasteiger partial charge in [0.2, 0.25) is 5.91 Å². The number of primary amides is 1. The van der Waals surface area contributed by atoms with E-state index in [1.807, 2.05) is 0 Å². The van der Waals surface area contributed by atoms with Gasteiger partial charge in [0.1, 0.15) is 0 Å². The van der Waals surface area contributed by atoms with E-state index in [2.05, 4.69) is 5.32 Å². The minimum Gasteiger partial charge on any atom is -0.370 e. The van der Waals surface area contributed by atoms with Crippen molar-refractivity contribution in [1.82, 2.24) is 10.2 Å². The van der Waals surface area contributed by atoms with Gasteiger partial charge in [-0.25, -0.2) is 0 Å². The lowest BCUT2D eigenvalue weighted by Gasteiger charge is -2.32. The van der Waals surface area contributed by atoms with E-state index in [-0.39, 0.29) is 18.4 Å². The van der Waals surface area contributed by atoms with Crippen LogP contribution in [0.2, 0.25) is 0 Å². The summed E-state index contributed by atoms with van der Waals surface area (Å²) in [7, 11) is 0.